The molecule has 0 amide bonds. The number of sulfonamides is 1. The quantitative estimate of drug-likeness (QED) is 0.819. The molecule has 1 aromatic rings. The van der Waals surface area contributed by atoms with Crippen molar-refractivity contribution < 1.29 is 18.3 Å². The van der Waals surface area contributed by atoms with Gasteiger partial charge >= 0.3 is 0 Å². The Balaban J connectivity index is 2.11. The van der Waals surface area contributed by atoms with Gasteiger partial charge in [0.15, 0.2) is 0 Å². The van der Waals surface area contributed by atoms with Gasteiger partial charge in [-0.1, -0.05) is 0 Å². The van der Waals surface area contributed by atoms with Crippen LogP contribution in [0.1, 0.15) is 12.5 Å². The van der Waals surface area contributed by atoms with Crippen LogP contribution in [-0.4, -0.2) is 44.3 Å². The predicted molar refractivity (Wildman–Crippen MR) is 79.8 cm³/mol. The molecule has 0 bridgehead atoms. The zero-order valence-electron chi connectivity index (χ0n) is 11.5. The lowest BCUT2D eigenvalue weighted by Crippen LogP contribution is -2.42. The Kier molecular flexibility index (Phi) is 4.63. The molecule has 0 unspecified atom stereocenters. The SMILES string of the molecule is CSC[C@](C)(O)CNS(=O)(=O)c1ccc2c(c1)CCO2. The summed E-state index contributed by atoms with van der Waals surface area (Å²) < 4.78 is 32.2. The number of ether oxygens (including phenoxy) is 1. The van der Waals surface area contributed by atoms with Gasteiger partial charge in [0.25, 0.3) is 0 Å². The number of hydrogen-bond donors (Lipinski definition) is 2. The molecule has 1 heterocycles. The highest BCUT2D eigenvalue weighted by Gasteiger charge is 2.24. The molecule has 0 saturated carbocycles. The molecule has 2 rings (SSSR count). The lowest BCUT2D eigenvalue weighted by atomic mass is 10.1. The van der Waals surface area contributed by atoms with E-state index in [4.69, 9.17) is 4.74 Å². The third kappa shape index (κ3) is 3.66. The lowest BCUT2D eigenvalue weighted by molar-refractivity contribution is 0.0908. The summed E-state index contributed by atoms with van der Waals surface area (Å²) in [6.07, 6.45) is 2.59. The van der Waals surface area contributed by atoms with E-state index in [1.54, 1.807) is 19.1 Å². The number of rotatable bonds is 6. The molecule has 0 saturated heterocycles. The van der Waals surface area contributed by atoms with Gasteiger partial charge in [-0.2, -0.15) is 11.8 Å². The largest absolute Gasteiger partial charge is 0.493 e. The fourth-order valence-corrected chi connectivity index (χ4v) is 3.96. The summed E-state index contributed by atoms with van der Waals surface area (Å²) in [7, 11) is -3.61. The van der Waals surface area contributed by atoms with Gasteiger partial charge in [-0.15, -0.1) is 0 Å². The Labute approximate surface area is 123 Å². The molecule has 20 heavy (non-hydrogen) atoms. The van der Waals surface area contributed by atoms with Crippen molar-refractivity contribution in [2.45, 2.75) is 23.8 Å². The third-order valence-electron chi connectivity index (χ3n) is 3.07. The van der Waals surface area contributed by atoms with E-state index in [0.29, 0.717) is 12.4 Å². The van der Waals surface area contributed by atoms with Crippen LogP contribution in [0.25, 0.3) is 0 Å². The molecule has 5 nitrogen and oxygen atoms in total. The van der Waals surface area contributed by atoms with Crippen LogP contribution in [0.4, 0.5) is 0 Å². The van der Waals surface area contributed by atoms with E-state index in [2.05, 4.69) is 4.72 Å². The number of fused-ring (bicyclic) bond motifs is 1. The molecule has 0 fully saturated rings. The molecular weight excluding hydrogens is 298 g/mol. The minimum atomic E-state index is -3.61. The second-order valence-corrected chi connectivity index (χ2v) is 7.76. The highest BCUT2D eigenvalue weighted by molar-refractivity contribution is 7.98. The number of nitrogens with one attached hydrogen (secondary N) is 1. The molecule has 1 atom stereocenters. The van der Waals surface area contributed by atoms with Crippen LogP contribution < -0.4 is 9.46 Å². The minimum absolute atomic E-state index is 0.0102. The number of benzene rings is 1. The Morgan fingerprint density at radius 2 is 2.25 bits per heavy atom. The average Bonchev–Trinajstić information content (AvgIpc) is 2.84. The van der Waals surface area contributed by atoms with Gasteiger partial charge in [-0.05, 0) is 36.9 Å². The molecule has 1 aliphatic heterocycles. The van der Waals surface area contributed by atoms with E-state index in [-0.39, 0.29) is 11.4 Å². The monoisotopic (exact) mass is 317 g/mol. The Bertz CT molecular complexity index is 584. The zero-order valence-corrected chi connectivity index (χ0v) is 13.2. The first-order valence-corrected chi connectivity index (χ1v) is 9.18. The molecule has 112 valence electrons. The van der Waals surface area contributed by atoms with Gasteiger partial charge in [0.05, 0.1) is 17.1 Å². The van der Waals surface area contributed by atoms with E-state index in [0.717, 1.165) is 17.7 Å². The van der Waals surface area contributed by atoms with Crippen LogP contribution in [-0.2, 0) is 16.4 Å². The lowest BCUT2D eigenvalue weighted by Gasteiger charge is -2.22. The van der Waals surface area contributed by atoms with Crippen molar-refractivity contribution >= 4 is 21.8 Å². The molecule has 7 heteroatoms. The van der Waals surface area contributed by atoms with Crippen LogP contribution >= 0.6 is 11.8 Å². The maximum absolute atomic E-state index is 12.2. The van der Waals surface area contributed by atoms with Crippen LogP contribution in [0.5, 0.6) is 5.75 Å². The fraction of sp³-hybridized carbons (Fsp3) is 0.538. The average molecular weight is 317 g/mol. The fourth-order valence-electron chi connectivity index (χ4n) is 2.03. The summed E-state index contributed by atoms with van der Waals surface area (Å²) in [6, 6.07) is 4.83. The zero-order chi connectivity index (χ0) is 14.8. The van der Waals surface area contributed by atoms with E-state index in [9.17, 15) is 13.5 Å². The topological polar surface area (TPSA) is 75.6 Å². The Hall–Kier alpha value is -0.760. The molecule has 0 radical (unpaired) electrons. The maximum atomic E-state index is 12.2. The Morgan fingerprint density at radius 1 is 1.50 bits per heavy atom. The molecule has 0 aromatic heterocycles. The summed E-state index contributed by atoms with van der Waals surface area (Å²) in [5.74, 6) is 1.21. The van der Waals surface area contributed by atoms with Crippen LogP contribution in [0.15, 0.2) is 23.1 Å². The molecule has 2 N–H and O–H groups in total. The number of hydrogen-bond acceptors (Lipinski definition) is 5. The van der Waals surface area contributed by atoms with Crippen molar-refractivity contribution in [3.63, 3.8) is 0 Å². The molecule has 0 spiro atoms. The predicted octanol–water partition coefficient (Wildman–Crippen LogP) is 1.01. The van der Waals surface area contributed by atoms with Crippen molar-refractivity contribution in [1.29, 1.82) is 0 Å². The molecular formula is C13H19NO4S2. The third-order valence-corrected chi connectivity index (χ3v) is 5.38. The highest BCUT2D eigenvalue weighted by atomic mass is 32.2. The summed E-state index contributed by atoms with van der Waals surface area (Å²) in [5, 5.41) is 10.0. The number of aliphatic hydroxyl groups is 1. The maximum Gasteiger partial charge on any atom is 0.240 e. The van der Waals surface area contributed by atoms with Crippen molar-refractivity contribution in [2.75, 3.05) is 25.2 Å². The summed E-state index contributed by atoms with van der Waals surface area (Å²) in [4.78, 5) is 0.210. The Morgan fingerprint density at radius 3 is 2.95 bits per heavy atom. The van der Waals surface area contributed by atoms with Crippen LogP contribution in [0.2, 0.25) is 0 Å². The molecule has 0 aliphatic carbocycles. The highest BCUT2D eigenvalue weighted by Crippen LogP contribution is 2.27. The van der Waals surface area contributed by atoms with E-state index < -0.39 is 15.6 Å². The van der Waals surface area contributed by atoms with E-state index in [1.807, 2.05) is 6.26 Å². The normalized spacial score (nSPS) is 17.4. The van der Waals surface area contributed by atoms with E-state index >= 15 is 0 Å². The van der Waals surface area contributed by atoms with Crippen molar-refractivity contribution in [2.24, 2.45) is 0 Å². The van der Waals surface area contributed by atoms with Crippen molar-refractivity contribution in [3.05, 3.63) is 23.8 Å². The summed E-state index contributed by atoms with van der Waals surface area (Å²) in [5.41, 5.74) is -0.157. The molecule has 1 aromatic carbocycles. The van der Waals surface area contributed by atoms with Crippen LogP contribution in [0.3, 0.4) is 0 Å². The standard InChI is InChI=1S/C13H19NO4S2/c1-13(15,9-19-2)8-14-20(16,17)11-3-4-12-10(7-11)5-6-18-12/h3-4,7,14-15H,5-6,8-9H2,1-2H3/t13-/m1/s1. The minimum Gasteiger partial charge on any atom is -0.493 e. The first-order valence-electron chi connectivity index (χ1n) is 6.31. The van der Waals surface area contributed by atoms with Crippen molar-refractivity contribution in [1.82, 2.24) is 4.72 Å². The van der Waals surface area contributed by atoms with Gasteiger partial charge in [0.1, 0.15) is 5.75 Å². The van der Waals surface area contributed by atoms with Gasteiger partial charge in [0, 0.05) is 18.7 Å². The number of thioether (sulfide) groups is 1. The first-order chi connectivity index (χ1) is 9.34. The van der Waals surface area contributed by atoms with Gasteiger partial charge in [-0.3, -0.25) is 0 Å². The summed E-state index contributed by atoms with van der Waals surface area (Å²) in [6.45, 7) is 2.20. The first kappa shape index (κ1) is 15.6. The summed E-state index contributed by atoms with van der Waals surface area (Å²) >= 11 is 1.47. The van der Waals surface area contributed by atoms with Gasteiger partial charge in [-0.25, -0.2) is 13.1 Å². The smallest absolute Gasteiger partial charge is 0.240 e. The van der Waals surface area contributed by atoms with Crippen LogP contribution in [0, 0.1) is 0 Å². The second-order valence-electron chi connectivity index (χ2n) is 5.12. The second kappa shape index (κ2) is 5.93. The van der Waals surface area contributed by atoms with Gasteiger partial charge in [0.2, 0.25) is 10.0 Å². The molecule has 1 aliphatic rings. The van der Waals surface area contributed by atoms with Gasteiger partial charge < -0.3 is 9.84 Å². The van der Waals surface area contributed by atoms with E-state index in [1.165, 1.54) is 17.8 Å². The van der Waals surface area contributed by atoms with Crippen molar-refractivity contribution in [3.8, 4) is 5.75 Å².